The molecule has 0 saturated heterocycles. The summed E-state index contributed by atoms with van der Waals surface area (Å²) in [6.45, 7) is 2.85. The van der Waals surface area contributed by atoms with E-state index in [0.717, 1.165) is 23.3 Å². The molecule has 1 aliphatic rings. The number of sulfonamides is 1. The Kier molecular flexibility index (Phi) is 8.03. The Morgan fingerprint density at radius 2 is 1.85 bits per heavy atom. The highest BCUT2D eigenvalue weighted by atomic mass is 32.2. The molecule has 1 aliphatic heterocycles. The minimum absolute atomic E-state index is 0.0605. The maximum absolute atomic E-state index is 14.1. The topological polar surface area (TPSA) is 114 Å². The molecule has 4 rings (SSSR count). The summed E-state index contributed by atoms with van der Waals surface area (Å²) >= 11 is 0. The Morgan fingerprint density at radius 1 is 1.10 bits per heavy atom. The molecule has 0 saturated carbocycles. The molecule has 0 fully saturated rings. The summed E-state index contributed by atoms with van der Waals surface area (Å²) in [7, 11) is -1.35. The molecular weight excluding hydrogens is 527 g/mol. The summed E-state index contributed by atoms with van der Waals surface area (Å²) in [5, 5.41) is 12.5. The first-order valence-electron chi connectivity index (χ1n) is 12.3. The van der Waals surface area contributed by atoms with Crippen LogP contribution in [0, 0.1) is 5.82 Å². The lowest BCUT2D eigenvalue weighted by molar-refractivity contribution is -0.136. The Balaban J connectivity index is 1.72. The van der Waals surface area contributed by atoms with E-state index in [4.69, 9.17) is 14.2 Å². The van der Waals surface area contributed by atoms with Crippen molar-refractivity contribution >= 4 is 21.6 Å². The first-order chi connectivity index (χ1) is 18.4. The van der Waals surface area contributed by atoms with E-state index in [9.17, 15) is 22.7 Å². The van der Waals surface area contributed by atoms with Crippen molar-refractivity contribution in [3.63, 3.8) is 0 Å². The third-order valence-corrected chi connectivity index (χ3v) is 8.09. The zero-order valence-corrected chi connectivity index (χ0v) is 22.9. The molecule has 9 nitrogen and oxygen atoms in total. The molecule has 2 N–H and O–H groups in total. The fourth-order valence-electron chi connectivity index (χ4n) is 4.16. The predicted octanol–water partition coefficient (Wildman–Crippen LogP) is 3.74. The van der Waals surface area contributed by atoms with E-state index < -0.39 is 33.5 Å². The molecule has 0 aliphatic carbocycles. The van der Waals surface area contributed by atoms with Gasteiger partial charge in [0, 0.05) is 19.0 Å². The second-order valence-corrected chi connectivity index (χ2v) is 11.5. The zero-order chi connectivity index (χ0) is 28.4. The number of ether oxygens (including phenoxy) is 3. The number of benzene rings is 3. The fraction of sp³-hybridized carbons (Fsp3) is 0.321. The predicted molar refractivity (Wildman–Crippen MR) is 144 cm³/mol. The van der Waals surface area contributed by atoms with Crippen molar-refractivity contribution in [1.82, 2.24) is 5.32 Å². The van der Waals surface area contributed by atoms with Crippen LogP contribution < -0.4 is 23.8 Å². The Labute approximate surface area is 227 Å². The van der Waals surface area contributed by atoms with E-state index in [0.29, 0.717) is 17.2 Å². The fourth-order valence-corrected chi connectivity index (χ4v) is 5.68. The highest BCUT2D eigenvalue weighted by Gasteiger charge is 2.35. The number of anilines is 1. The number of hydrogen-bond acceptors (Lipinski definition) is 7. The van der Waals surface area contributed by atoms with E-state index in [2.05, 4.69) is 5.32 Å². The van der Waals surface area contributed by atoms with Crippen LogP contribution in [0.15, 0.2) is 65.6 Å². The highest BCUT2D eigenvalue weighted by Crippen LogP contribution is 2.41. The van der Waals surface area contributed by atoms with Gasteiger partial charge >= 0.3 is 0 Å². The lowest BCUT2D eigenvalue weighted by Gasteiger charge is -2.36. The summed E-state index contributed by atoms with van der Waals surface area (Å²) in [4.78, 5) is 11.9. The average molecular weight is 559 g/mol. The largest absolute Gasteiger partial charge is 0.497 e. The molecule has 1 heterocycles. The molecule has 0 spiro atoms. The lowest BCUT2D eigenvalue weighted by atomic mass is 10.0. The Hall–Kier alpha value is -3.83. The van der Waals surface area contributed by atoms with E-state index >= 15 is 0 Å². The second kappa shape index (κ2) is 11.1. The first-order valence-corrected chi connectivity index (χ1v) is 13.7. The molecule has 0 bridgehead atoms. The minimum atomic E-state index is -4.18. The van der Waals surface area contributed by atoms with Gasteiger partial charge in [0.2, 0.25) is 0 Å². The van der Waals surface area contributed by atoms with Gasteiger partial charge in [-0.2, -0.15) is 0 Å². The summed E-state index contributed by atoms with van der Waals surface area (Å²) < 4.78 is 59.6. The smallest absolute Gasteiger partial charge is 0.264 e. The van der Waals surface area contributed by atoms with Gasteiger partial charge < -0.3 is 24.6 Å². The minimum Gasteiger partial charge on any atom is -0.497 e. The van der Waals surface area contributed by atoms with Gasteiger partial charge in [-0.05, 0) is 61.4 Å². The van der Waals surface area contributed by atoms with Crippen LogP contribution in [0.3, 0.4) is 0 Å². The Morgan fingerprint density at radius 3 is 2.54 bits per heavy atom. The number of methoxy groups -OCH3 is 2. The van der Waals surface area contributed by atoms with Crippen molar-refractivity contribution in [1.29, 1.82) is 0 Å². The number of hydrogen-bond donors (Lipinski definition) is 2. The van der Waals surface area contributed by atoms with E-state index in [1.54, 1.807) is 19.2 Å². The van der Waals surface area contributed by atoms with Gasteiger partial charge in [-0.1, -0.05) is 18.2 Å². The van der Waals surface area contributed by atoms with Crippen LogP contribution in [-0.2, 0) is 14.8 Å². The third-order valence-electron chi connectivity index (χ3n) is 6.31. The molecule has 1 atom stereocenters. The normalized spacial score (nSPS) is 15.2. The molecule has 1 amide bonds. The van der Waals surface area contributed by atoms with Crippen LogP contribution in [0.5, 0.6) is 17.2 Å². The molecule has 3 aromatic carbocycles. The number of halogens is 1. The van der Waals surface area contributed by atoms with Crippen LogP contribution in [0.4, 0.5) is 10.1 Å². The highest BCUT2D eigenvalue weighted by molar-refractivity contribution is 7.92. The number of nitrogens with one attached hydrogen (secondary N) is 1. The van der Waals surface area contributed by atoms with Crippen LogP contribution in [0.1, 0.15) is 20.3 Å². The quantitative estimate of drug-likeness (QED) is 0.411. The third kappa shape index (κ3) is 6.10. The molecule has 208 valence electrons. The van der Waals surface area contributed by atoms with E-state index in [1.165, 1.54) is 31.3 Å². The molecular formula is C28H31FN2O7S. The molecule has 0 unspecified atom stereocenters. The average Bonchev–Trinajstić information content (AvgIpc) is 2.91. The van der Waals surface area contributed by atoms with Gasteiger partial charge in [-0.3, -0.25) is 9.10 Å². The summed E-state index contributed by atoms with van der Waals surface area (Å²) in [6, 6.07) is 16.0. The van der Waals surface area contributed by atoms with Crippen molar-refractivity contribution in [3.8, 4) is 28.4 Å². The van der Waals surface area contributed by atoms with Gasteiger partial charge in [-0.25, -0.2) is 12.8 Å². The second-order valence-electron chi connectivity index (χ2n) is 9.59. The first kappa shape index (κ1) is 28.2. The summed E-state index contributed by atoms with van der Waals surface area (Å²) in [5.41, 5.74) is 0.321. The van der Waals surface area contributed by atoms with Gasteiger partial charge in [0.1, 0.15) is 23.2 Å². The molecule has 3 aromatic rings. The monoisotopic (exact) mass is 558 g/mol. The molecule has 0 aromatic heterocycles. The van der Waals surface area contributed by atoms with Gasteiger partial charge in [0.15, 0.2) is 11.6 Å². The van der Waals surface area contributed by atoms with Crippen molar-refractivity contribution in [2.24, 2.45) is 0 Å². The Bertz CT molecular complexity index is 1470. The molecule has 11 heteroatoms. The maximum Gasteiger partial charge on any atom is 0.264 e. The van der Waals surface area contributed by atoms with Gasteiger partial charge in [0.05, 0.1) is 31.3 Å². The summed E-state index contributed by atoms with van der Waals surface area (Å²) in [6.07, 6.45) is -0.336. The van der Waals surface area contributed by atoms with Gasteiger partial charge in [-0.15, -0.1) is 0 Å². The zero-order valence-electron chi connectivity index (χ0n) is 22.1. The van der Waals surface area contributed by atoms with E-state index in [-0.39, 0.29) is 30.2 Å². The summed E-state index contributed by atoms with van der Waals surface area (Å²) in [5.74, 6) is -0.438. The number of fused-ring (bicyclic) bond motifs is 1. The standard InChI is InChI=1S/C28H31FN2O7S/c1-28(2,33)27(32)30-13-12-21-17-31(39(34,35)22-9-10-23(29)26(16-22)37-4)24-15-19(8-11-25(24)38-21)18-6-5-7-20(14-18)36-3/h5-11,14-16,21,33H,12-13,17H2,1-4H3,(H,30,32)/t21-/m0/s1. The molecule has 0 radical (unpaired) electrons. The number of carbonyl (C=O) groups is 1. The van der Waals surface area contributed by atoms with E-state index in [1.807, 2.05) is 30.3 Å². The SMILES string of the molecule is COc1cccc(-c2ccc3c(c2)N(S(=O)(=O)c2ccc(F)c(OC)c2)C[C@H](CCNC(=O)C(C)(C)O)O3)c1. The number of amides is 1. The van der Waals surface area contributed by atoms with Crippen LogP contribution in [-0.4, -0.2) is 58.4 Å². The number of carbonyl (C=O) groups excluding carboxylic acids is 1. The van der Waals surface area contributed by atoms with Crippen LogP contribution in [0.25, 0.3) is 11.1 Å². The van der Waals surface area contributed by atoms with Crippen molar-refractivity contribution in [2.75, 3.05) is 31.6 Å². The number of nitrogens with zero attached hydrogens (tertiary/aromatic N) is 1. The van der Waals surface area contributed by atoms with Crippen molar-refractivity contribution < 1.29 is 36.9 Å². The number of aliphatic hydroxyl groups is 1. The van der Waals surface area contributed by atoms with Crippen molar-refractivity contribution in [2.45, 2.75) is 36.9 Å². The number of rotatable bonds is 9. The van der Waals surface area contributed by atoms with Gasteiger partial charge in [0.25, 0.3) is 15.9 Å². The maximum atomic E-state index is 14.1. The van der Waals surface area contributed by atoms with Crippen molar-refractivity contribution in [3.05, 3.63) is 66.5 Å². The lowest BCUT2D eigenvalue weighted by Crippen LogP contribution is -2.46. The van der Waals surface area contributed by atoms with Crippen LogP contribution >= 0.6 is 0 Å². The van der Waals surface area contributed by atoms with Crippen LogP contribution in [0.2, 0.25) is 0 Å². The molecule has 39 heavy (non-hydrogen) atoms.